The number of fused-ring (bicyclic) bond motifs is 1. The van der Waals surface area contributed by atoms with Gasteiger partial charge in [-0.3, -0.25) is 14.8 Å². The van der Waals surface area contributed by atoms with E-state index in [2.05, 4.69) is 56.7 Å². The van der Waals surface area contributed by atoms with Crippen LogP contribution in [-0.4, -0.2) is 71.4 Å². The molecule has 0 spiro atoms. The van der Waals surface area contributed by atoms with Crippen LogP contribution >= 0.6 is 0 Å². The quantitative estimate of drug-likeness (QED) is 0.217. The molecule has 1 fully saturated rings. The van der Waals surface area contributed by atoms with Crippen molar-refractivity contribution in [1.82, 2.24) is 39.8 Å². The first-order valence-electron chi connectivity index (χ1n) is 16.0. The van der Waals surface area contributed by atoms with Gasteiger partial charge in [-0.2, -0.15) is 4.98 Å². The fourth-order valence-corrected chi connectivity index (χ4v) is 6.09. The predicted octanol–water partition coefficient (Wildman–Crippen LogP) is 4.62. The zero-order chi connectivity index (χ0) is 33.9. The lowest BCUT2D eigenvalue weighted by Gasteiger charge is -2.40. The number of amides is 1. The Labute approximate surface area is 276 Å². The molecule has 0 unspecified atom stereocenters. The molecule has 0 radical (unpaired) electrons. The minimum absolute atomic E-state index is 0.0199. The molecule has 1 N–H and O–H groups in total. The molecule has 5 aromatic rings. The molecule has 4 aromatic heterocycles. The second-order valence-electron chi connectivity index (χ2n) is 12.4. The largest absolute Gasteiger partial charge is 0.350 e. The van der Waals surface area contributed by atoms with Crippen LogP contribution in [0.2, 0.25) is 0 Å². The minimum atomic E-state index is -0.753. The van der Waals surface area contributed by atoms with Crippen LogP contribution in [0.1, 0.15) is 49.2 Å². The van der Waals surface area contributed by atoms with Crippen LogP contribution in [0.4, 0.5) is 14.6 Å². The normalized spacial score (nSPS) is 15.0. The summed E-state index contributed by atoms with van der Waals surface area (Å²) >= 11 is 0. The van der Waals surface area contributed by atoms with E-state index >= 15 is 8.78 Å². The fraction of sp³-hybridized carbons (Fsp3) is 0.343. The maximum atomic E-state index is 15.8. The zero-order valence-corrected chi connectivity index (χ0v) is 27.2. The maximum absolute atomic E-state index is 15.8. The lowest BCUT2D eigenvalue weighted by molar-refractivity contribution is -0.126. The van der Waals surface area contributed by atoms with Crippen molar-refractivity contribution in [3.63, 3.8) is 0 Å². The Morgan fingerprint density at radius 1 is 1.06 bits per heavy atom. The molecular formula is C35H37F2N9O2. The van der Waals surface area contributed by atoms with Crippen molar-refractivity contribution in [2.24, 2.45) is 0 Å². The SMILES string of the molecule is C=CC(=O)N1CCN(c2nc(=O)[nH]c3nc(-c4cc(CCn5nncc5CCc5ccnc(C(C)C)c5)ccc4F)c(F)cc23)[C@@H](C)C1. The molecule has 1 amide bonds. The monoisotopic (exact) mass is 653 g/mol. The number of pyridine rings is 2. The molecule has 13 heteroatoms. The van der Waals surface area contributed by atoms with Gasteiger partial charge in [0, 0.05) is 49.7 Å². The van der Waals surface area contributed by atoms with E-state index in [-0.39, 0.29) is 40.1 Å². The number of aromatic nitrogens is 7. The summed E-state index contributed by atoms with van der Waals surface area (Å²) in [7, 11) is 0. The van der Waals surface area contributed by atoms with Crippen molar-refractivity contribution in [3.05, 3.63) is 106 Å². The van der Waals surface area contributed by atoms with Gasteiger partial charge >= 0.3 is 5.69 Å². The van der Waals surface area contributed by atoms with Gasteiger partial charge in [0.1, 0.15) is 28.8 Å². The summed E-state index contributed by atoms with van der Waals surface area (Å²) in [4.78, 5) is 43.8. The van der Waals surface area contributed by atoms with Crippen molar-refractivity contribution in [2.45, 2.75) is 58.5 Å². The average Bonchev–Trinajstić information content (AvgIpc) is 3.53. The number of rotatable bonds is 10. The molecule has 1 saturated heterocycles. The number of anilines is 1. The highest BCUT2D eigenvalue weighted by atomic mass is 19.1. The molecule has 248 valence electrons. The molecule has 0 bridgehead atoms. The Bertz CT molecular complexity index is 2040. The summed E-state index contributed by atoms with van der Waals surface area (Å²) in [6.07, 6.45) is 6.90. The van der Waals surface area contributed by atoms with Crippen molar-refractivity contribution in [2.75, 3.05) is 24.5 Å². The number of H-pyrrole nitrogens is 1. The molecule has 1 atom stereocenters. The van der Waals surface area contributed by atoms with Gasteiger partial charge in [0.15, 0.2) is 0 Å². The van der Waals surface area contributed by atoms with Gasteiger partial charge < -0.3 is 9.80 Å². The maximum Gasteiger partial charge on any atom is 0.348 e. The third-order valence-electron chi connectivity index (χ3n) is 8.74. The minimum Gasteiger partial charge on any atom is -0.350 e. The van der Waals surface area contributed by atoms with E-state index in [4.69, 9.17) is 0 Å². The number of piperazine rings is 1. The third-order valence-corrected chi connectivity index (χ3v) is 8.74. The highest BCUT2D eigenvalue weighted by molar-refractivity contribution is 5.90. The topological polar surface area (TPSA) is 126 Å². The van der Waals surface area contributed by atoms with E-state index in [1.54, 1.807) is 23.2 Å². The Balaban J connectivity index is 1.21. The molecule has 1 aliphatic rings. The number of nitrogens with zero attached hydrogens (tertiary/aromatic N) is 8. The molecule has 1 aliphatic heterocycles. The van der Waals surface area contributed by atoms with Gasteiger partial charge in [-0.1, -0.05) is 31.7 Å². The van der Waals surface area contributed by atoms with Crippen molar-refractivity contribution in [1.29, 1.82) is 0 Å². The molecule has 5 heterocycles. The number of aromatic amines is 1. The van der Waals surface area contributed by atoms with E-state index in [0.717, 1.165) is 29.8 Å². The van der Waals surface area contributed by atoms with Gasteiger partial charge in [-0.05, 0) is 79.6 Å². The highest BCUT2D eigenvalue weighted by Crippen LogP contribution is 2.31. The number of halogens is 2. The lowest BCUT2D eigenvalue weighted by atomic mass is 10.0. The first kappa shape index (κ1) is 32.6. The van der Waals surface area contributed by atoms with E-state index in [1.807, 2.05) is 28.8 Å². The van der Waals surface area contributed by atoms with Crippen LogP contribution in [0.25, 0.3) is 22.3 Å². The van der Waals surface area contributed by atoms with Gasteiger partial charge in [0.2, 0.25) is 5.91 Å². The molecule has 11 nitrogen and oxygen atoms in total. The van der Waals surface area contributed by atoms with Gasteiger partial charge in [-0.15, -0.1) is 5.10 Å². The second-order valence-corrected chi connectivity index (χ2v) is 12.4. The van der Waals surface area contributed by atoms with Crippen LogP contribution in [0, 0.1) is 11.6 Å². The molecular weight excluding hydrogens is 616 g/mol. The summed E-state index contributed by atoms with van der Waals surface area (Å²) < 4.78 is 32.8. The molecule has 0 saturated carbocycles. The summed E-state index contributed by atoms with van der Waals surface area (Å²) in [5, 5.41) is 8.64. The number of carbonyl (C=O) groups excluding carboxylic acids is 1. The Kier molecular flexibility index (Phi) is 9.37. The zero-order valence-electron chi connectivity index (χ0n) is 27.2. The lowest BCUT2D eigenvalue weighted by Crippen LogP contribution is -2.54. The first-order chi connectivity index (χ1) is 23.1. The van der Waals surface area contributed by atoms with Gasteiger partial charge in [-0.25, -0.2) is 23.2 Å². The van der Waals surface area contributed by atoms with E-state index in [0.29, 0.717) is 38.5 Å². The summed E-state index contributed by atoms with van der Waals surface area (Å²) in [6.45, 7) is 11.3. The number of aryl methyl sites for hydroxylation is 4. The summed E-state index contributed by atoms with van der Waals surface area (Å²) in [5.74, 6) is -0.976. The Hall–Kier alpha value is -5.33. The number of hydrogen-bond donors (Lipinski definition) is 1. The van der Waals surface area contributed by atoms with E-state index in [1.165, 1.54) is 23.8 Å². The van der Waals surface area contributed by atoms with Crippen LogP contribution in [0.5, 0.6) is 0 Å². The van der Waals surface area contributed by atoms with Crippen LogP contribution in [0.3, 0.4) is 0 Å². The second kappa shape index (κ2) is 13.8. The van der Waals surface area contributed by atoms with Crippen LogP contribution < -0.4 is 10.6 Å². The third kappa shape index (κ3) is 6.85. The van der Waals surface area contributed by atoms with E-state index < -0.39 is 17.3 Å². The van der Waals surface area contributed by atoms with Gasteiger partial charge in [0.25, 0.3) is 0 Å². The van der Waals surface area contributed by atoms with E-state index in [9.17, 15) is 9.59 Å². The standard InChI is InChI=1S/C35H37F2N9O2/c1-5-31(47)44-14-15-45(22(4)20-44)34-27-18-29(37)32(40-33(27)41-35(48)42-34)26-16-24(7-9-28(26)36)11-13-46-25(19-39-43-46)8-6-23-10-12-38-30(17-23)21(2)3/h5,7,9-10,12,16-19,21-22H,1,6,8,11,13-15,20H2,2-4H3,(H,40,41,42,48)/t22-/m0/s1. The predicted molar refractivity (Wildman–Crippen MR) is 179 cm³/mol. The van der Waals surface area contributed by atoms with Gasteiger partial charge in [0.05, 0.1) is 17.3 Å². The summed E-state index contributed by atoms with van der Waals surface area (Å²) in [5.41, 5.74) is 3.16. The molecule has 1 aromatic carbocycles. The number of nitrogens with one attached hydrogen (secondary N) is 1. The smallest absolute Gasteiger partial charge is 0.348 e. The first-order valence-corrected chi connectivity index (χ1v) is 16.0. The number of carbonyl (C=O) groups is 1. The van der Waals surface area contributed by atoms with Crippen LogP contribution in [-0.2, 0) is 30.6 Å². The fourth-order valence-electron chi connectivity index (χ4n) is 6.09. The van der Waals surface area contributed by atoms with Crippen molar-refractivity contribution < 1.29 is 13.6 Å². The summed E-state index contributed by atoms with van der Waals surface area (Å²) in [6, 6.07) is 9.68. The number of hydrogen-bond acceptors (Lipinski definition) is 8. The number of benzene rings is 1. The van der Waals surface area contributed by atoms with Crippen LogP contribution in [0.15, 0.2) is 66.2 Å². The highest BCUT2D eigenvalue weighted by Gasteiger charge is 2.29. The Morgan fingerprint density at radius 3 is 2.65 bits per heavy atom. The van der Waals surface area contributed by atoms with Crippen molar-refractivity contribution >= 4 is 22.8 Å². The average molecular weight is 654 g/mol. The molecule has 6 rings (SSSR count). The van der Waals surface area contributed by atoms with Crippen molar-refractivity contribution in [3.8, 4) is 11.3 Å². The molecule has 48 heavy (non-hydrogen) atoms. The Morgan fingerprint density at radius 2 is 1.88 bits per heavy atom. The molecule has 0 aliphatic carbocycles.